The Kier molecular flexibility index (Phi) is 7.44. The SMILES string of the molecule is N#Cc1ccccc1CO/N=C\c1cc(Cl)c(OCc2ccc([N+](=O)[O-])cc2)c(Cl)c1. The van der Waals surface area contributed by atoms with Gasteiger partial charge in [-0.05, 0) is 41.5 Å². The molecule has 156 valence electrons. The predicted molar refractivity (Wildman–Crippen MR) is 117 cm³/mol. The smallest absolute Gasteiger partial charge is 0.269 e. The summed E-state index contributed by atoms with van der Waals surface area (Å²) < 4.78 is 5.68. The van der Waals surface area contributed by atoms with Gasteiger partial charge in [0.25, 0.3) is 5.69 Å². The molecule has 0 radical (unpaired) electrons. The van der Waals surface area contributed by atoms with E-state index in [0.29, 0.717) is 16.9 Å². The second kappa shape index (κ2) is 10.4. The van der Waals surface area contributed by atoms with Crippen molar-refractivity contribution in [3.63, 3.8) is 0 Å². The summed E-state index contributed by atoms with van der Waals surface area (Å²) in [6.45, 7) is 0.296. The van der Waals surface area contributed by atoms with Crippen LogP contribution in [-0.4, -0.2) is 11.1 Å². The van der Waals surface area contributed by atoms with Crippen LogP contribution in [0, 0.1) is 21.4 Å². The van der Waals surface area contributed by atoms with Gasteiger partial charge in [-0.15, -0.1) is 0 Å². The highest BCUT2D eigenvalue weighted by atomic mass is 35.5. The molecule has 3 rings (SSSR count). The van der Waals surface area contributed by atoms with E-state index >= 15 is 0 Å². The summed E-state index contributed by atoms with van der Waals surface area (Å²) in [7, 11) is 0. The number of hydrogen-bond donors (Lipinski definition) is 0. The molecule has 0 spiro atoms. The van der Waals surface area contributed by atoms with E-state index in [1.807, 2.05) is 6.07 Å². The van der Waals surface area contributed by atoms with Crippen LogP contribution in [-0.2, 0) is 18.1 Å². The highest BCUT2D eigenvalue weighted by molar-refractivity contribution is 6.37. The summed E-state index contributed by atoms with van der Waals surface area (Å²) in [4.78, 5) is 15.5. The lowest BCUT2D eigenvalue weighted by Gasteiger charge is -2.11. The van der Waals surface area contributed by atoms with Crippen LogP contribution in [0.25, 0.3) is 0 Å². The van der Waals surface area contributed by atoms with Crippen LogP contribution in [0.15, 0.2) is 65.8 Å². The first-order valence-electron chi connectivity index (χ1n) is 8.96. The summed E-state index contributed by atoms with van der Waals surface area (Å²) in [6, 6.07) is 18.4. The molecule has 0 amide bonds. The van der Waals surface area contributed by atoms with Crippen molar-refractivity contribution in [3.8, 4) is 11.8 Å². The normalized spacial score (nSPS) is 10.6. The van der Waals surface area contributed by atoms with E-state index in [1.165, 1.54) is 18.3 Å². The van der Waals surface area contributed by atoms with Gasteiger partial charge < -0.3 is 9.57 Å². The fourth-order valence-corrected chi connectivity index (χ4v) is 3.23. The Hall–Kier alpha value is -3.60. The molecule has 3 aromatic rings. The summed E-state index contributed by atoms with van der Waals surface area (Å²) in [5, 5.41) is 24.3. The van der Waals surface area contributed by atoms with Crippen molar-refractivity contribution in [2.24, 2.45) is 5.16 Å². The topological polar surface area (TPSA) is 97.8 Å². The molecule has 0 aliphatic carbocycles. The lowest BCUT2D eigenvalue weighted by atomic mass is 10.1. The van der Waals surface area contributed by atoms with Gasteiger partial charge in [-0.2, -0.15) is 5.26 Å². The number of rotatable bonds is 8. The molecule has 31 heavy (non-hydrogen) atoms. The largest absolute Gasteiger partial charge is 0.486 e. The molecule has 0 aliphatic rings. The Morgan fingerprint density at radius 3 is 2.39 bits per heavy atom. The number of benzene rings is 3. The van der Waals surface area contributed by atoms with Gasteiger partial charge in [-0.3, -0.25) is 10.1 Å². The van der Waals surface area contributed by atoms with E-state index in [4.69, 9.17) is 38.0 Å². The third-order valence-corrected chi connectivity index (χ3v) is 4.75. The van der Waals surface area contributed by atoms with Crippen LogP contribution in [0.1, 0.15) is 22.3 Å². The number of oxime groups is 1. The zero-order valence-corrected chi connectivity index (χ0v) is 17.5. The summed E-state index contributed by atoms with van der Waals surface area (Å²) in [6.07, 6.45) is 1.45. The molecule has 0 atom stereocenters. The minimum atomic E-state index is -0.468. The van der Waals surface area contributed by atoms with Crippen molar-refractivity contribution in [3.05, 3.63) is 103 Å². The number of nitro benzene ring substituents is 1. The van der Waals surface area contributed by atoms with Crippen LogP contribution in [0.2, 0.25) is 10.0 Å². The standard InChI is InChI=1S/C22H15Cl2N3O4/c23-20-9-16(12-26-31-14-18-4-2-1-3-17(18)11-25)10-21(24)22(20)30-13-15-5-7-19(8-6-15)27(28)29/h1-10,12H,13-14H2/b26-12-. The molecular weight excluding hydrogens is 441 g/mol. The third-order valence-electron chi connectivity index (χ3n) is 4.19. The molecule has 0 heterocycles. The second-order valence-corrected chi connectivity index (χ2v) is 7.12. The van der Waals surface area contributed by atoms with E-state index in [2.05, 4.69) is 11.2 Å². The number of ether oxygens (including phenoxy) is 1. The highest BCUT2D eigenvalue weighted by Gasteiger charge is 2.11. The van der Waals surface area contributed by atoms with E-state index in [0.717, 1.165) is 11.1 Å². The maximum Gasteiger partial charge on any atom is 0.269 e. The Bertz CT molecular complexity index is 1140. The average Bonchev–Trinajstić information content (AvgIpc) is 2.76. The predicted octanol–water partition coefficient (Wildman–Crippen LogP) is 5.90. The maximum atomic E-state index is 10.7. The van der Waals surface area contributed by atoms with Gasteiger partial charge in [0.15, 0.2) is 5.75 Å². The van der Waals surface area contributed by atoms with Crippen molar-refractivity contribution < 1.29 is 14.5 Å². The minimum Gasteiger partial charge on any atom is -0.486 e. The van der Waals surface area contributed by atoms with E-state index < -0.39 is 4.92 Å². The number of non-ortho nitro benzene ring substituents is 1. The Labute approximate surface area is 188 Å². The fourth-order valence-electron chi connectivity index (χ4n) is 2.62. The quantitative estimate of drug-likeness (QED) is 0.239. The molecule has 0 saturated heterocycles. The fraction of sp³-hybridized carbons (Fsp3) is 0.0909. The molecule has 7 nitrogen and oxygen atoms in total. The van der Waals surface area contributed by atoms with Gasteiger partial charge in [0.2, 0.25) is 0 Å². The van der Waals surface area contributed by atoms with E-state index in [-0.39, 0.29) is 28.9 Å². The van der Waals surface area contributed by atoms with Crippen LogP contribution >= 0.6 is 23.2 Å². The molecule has 0 saturated carbocycles. The number of nitrogens with zero attached hydrogens (tertiary/aromatic N) is 3. The van der Waals surface area contributed by atoms with Gasteiger partial charge in [-0.25, -0.2) is 0 Å². The second-order valence-electron chi connectivity index (χ2n) is 6.30. The van der Waals surface area contributed by atoms with Crippen molar-refractivity contribution in [1.82, 2.24) is 0 Å². The van der Waals surface area contributed by atoms with Gasteiger partial charge in [0, 0.05) is 17.7 Å². The van der Waals surface area contributed by atoms with Gasteiger partial charge >= 0.3 is 0 Å². The van der Waals surface area contributed by atoms with Gasteiger partial charge in [0.1, 0.15) is 13.2 Å². The summed E-state index contributed by atoms with van der Waals surface area (Å²) in [5.41, 5.74) is 2.59. The molecule has 0 unspecified atom stereocenters. The van der Waals surface area contributed by atoms with E-state index in [1.54, 1.807) is 42.5 Å². The van der Waals surface area contributed by atoms with Gasteiger partial charge in [-0.1, -0.05) is 46.6 Å². The first kappa shape index (κ1) is 22.1. The average molecular weight is 456 g/mol. The van der Waals surface area contributed by atoms with Crippen molar-refractivity contribution in [2.75, 3.05) is 0 Å². The lowest BCUT2D eigenvalue weighted by Crippen LogP contribution is -1.98. The first-order chi connectivity index (χ1) is 15.0. The van der Waals surface area contributed by atoms with Crippen LogP contribution < -0.4 is 4.74 Å². The van der Waals surface area contributed by atoms with Crippen LogP contribution in [0.5, 0.6) is 5.75 Å². The maximum absolute atomic E-state index is 10.7. The van der Waals surface area contributed by atoms with Crippen LogP contribution in [0.3, 0.4) is 0 Å². The lowest BCUT2D eigenvalue weighted by molar-refractivity contribution is -0.384. The minimum absolute atomic E-state index is 0.00165. The Balaban J connectivity index is 1.61. The van der Waals surface area contributed by atoms with Crippen molar-refractivity contribution in [2.45, 2.75) is 13.2 Å². The van der Waals surface area contributed by atoms with Crippen LogP contribution in [0.4, 0.5) is 5.69 Å². The van der Waals surface area contributed by atoms with Crippen molar-refractivity contribution >= 4 is 35.1 Å². The molecule has 3 aromatic carbocycles. The first-order valence-corrected chi connectivity index (χ1v) is 9.72. The number of nitro groups is 1. The zero-order valence-electron chi connectivity index (χ0n) is 16.0. The zero-order chi connectivity index (χ0) is 22.2. The molecule has 0 bridgehead atoms. The Morgan fingerprint density at radius 1 is 1.06 bits per heavy atom. The molecular formula is C22H15Cl2N3O4. The number of nitriles is 1. The number of halogens is 2. The van der Waals surface area contributed by atoms with E-state index in [9.17, 15) is 10.1 Å². The molecule has 0 N–H and O–H groups in total. The van der Waals surface area contributed by atoms with Gasteiger partial charge in [0.05, 0.1) is 32.8 Å². The summed E-state index contributed by atoms with van der Waals surface area (Å²) >= 11 is 12.6. The number of hydrogen-bond acceptors (Lipinski definition) is 6. The summed E-state index contributed by atoms with van der Waals surface area (Å²) in [5.74, 6) is 0.294. The Morgan fingerprint density at radius 2 is 1.74 bits per heavy atom. The molecule has 0 aromatic heterocycles. The molecule has 9 heteroatoms. The monoisotopic (exact) mass is 455 g/mol. The third kappa shape index (κ3) is 5.95. The molecule has 0 aliphatic heterocycles. The van der Waals surface area contributed by atoms with Crippen molar-refractivity contribution in [1.29, 1.82) is 5.26 Å². The highest BCUT2D eigenvalue weighted by Crippen LogP contribution is 2.34. The molecule has 0 fully saturated rings.